The monoisotopic (exact) mass is 305 g/mol. The Balaban J connectivity index is 2.29. The molecule has 22 heavy (non-hydrogen) atoms. The number of rotatable bonds is 3. The van der Waals surface area contributed by atoms with E-state index in [4.69, 9.17) is 4.74 Å². The van der Waals surface area contributed by atoms with Crippen LogP contribution in [0.2, 0.25) is 0 Å². The second kappa shape index (κ2) is 5.69. The Labute approximate surface area is 129 Å². The van der Waals surface area contributed by atoms with Gasteiger partial charge in [0, 0.05) is 21.1 Å². The molecule has 0 saturated carbocycles. The molecule has 1 aromatic carbocycles. The number of benzene rings is 1. The number of aliphatic hydroxyl groups is 1. The molecule has 1 saturated heterocycles. The molecule has 4 amide bonds. The van der Waals surface area contributed by atoms with Gasteiger partial charge in [-0.15, -0.1) is 0 Å². The molecular weight excluding hydrogens is 286 g/mol. The quantitative estimate of drug-likeness (QED) is 0.916. The molecule has 0 aromatic heterocycles. The van der Waals surface area contributed by atoms with Crippen LogP contribution in [0.15, 0.2) is 30.3 Å². The molecule has 1 heterocycles. The van der Waals surface area contributed by atoms with Crippen LogP contribution in [0.1, 0.15) is 5.56 Å². The highest BCUT2D eigenvalue weighted by atomic mass is 16.5. The number of hydrogen-bond donors (Lipinski definition) is 1. The summed E-state index contributed by atoms with van der Waals surface area (Å²) >= 11 is 0. The molecule has 0 bridgehead atoms. The Morgan fingerprint density at radius 3 is 2.00 bits per heavy atom. The fraction of sp³-hybridized carbons (Fsp3) is 0.333. The van der Waals surface area contributed by atoms with E-state index in [2.05, 4.69) is 0 Å². The molecule has 0 spiro atoms. The van der Waals surface area contributed by atoms with Gasteiger partial charge in [-0.1, -0.05) is 18.2 Å². The van der Waals surface area contributed by atoms with Gasteiger partial charge in [-0.25, -0.2) is 14.5 Å². The Hall–Kier alpha value is -2.54. The van der Waals surface area contributed by atoms with Gasteiger partial charge >= 0.3 is 12.1 Å². The number of urea groups is 2. The van der Waals surface area contributed by atoms with E-state index in [1.165, 1.54) is 27.2 Å². The third kappa shape index (κ3) is 2.50. The second-order valence-electron chi connectivity index (χ2n) is 5.04. The maximum atomic E-state index is 12.0. The molecule has 1 aliphatic heterocycles. The third-order valence-corrected chi connectivity index (χ3v) is 3.75. The van der Waals surface area contributed by atoms with Crippen LogP contribution in [0, 0.1) is 0 Å². The molecule has 0 aliphatic carbocycles. The number of carbonyl (C=O) groups excluding carboxylic acids is 2. The van der Waals surface area contributed by atoms with Crippen molar-refractivity contribution in [3.05, 3.63) is 35.9 Å². The lowest BCUT2D eigenvalue weighted by Gasteiger charge is -2.47. The zero-order valence-corrected chi connectivity index (χ0v) is 13.0. The van der Waals surface area contributed by atoms with E-state index >= 15 is 0 Å². The van der Waals surface area contributed by atoms with Gasteiger partial charge in [-0.3, -0.25) is 9.80 Å². The highest BCUT2D eigenvalue weighted by Crippen LogP contribution is 2.25. The maximum absolute atomic E-state index is 12.0. The van der Waals surface area contributed by atoms with Gasteiger partial charge in [-0.2, -0.15) is 0 Å². The third-order valence-electron chi connectivity index (χ3n) is 3.75. The predicted molar refractivity (Wildman–Crippen MR) is 81.1 cm³/mol. The minimum atomic E-state index is -1.82. The summed E-state index contributed by atoms with van der Waals surface area (Å²) in [6, 6.07) is 6.01. The highest BCUT2D eigenvalue weighted by molar-refractivity contribution is 5.96. The number of hydrogen-bond acceptors (Lipinski definition) is 4. The fourth-order valence-corrected chi connectivity index (χ4v) is 2.19. The zero-order valence-electron chi connectivity index (χ0n) is 13.0. The lowest BCUT2D eigenvalue weighted by atomic mass is 10.1. The van der Waals surface area contributed by atoms with E-state index in [0.29, 0.717) is 0 Å². The molecule has 0 radical (unpaired) electrons. The molecule has 0 unspecified atom stereocenters. The Bertz CT molecular complexity index is 590. The van der Waals surface area contributed by atoms with Crippen LogP contribution in [-0.2, 0) is 0 Å². The maximum Gasteiger partial charge on any atom is 0.331 e. The van der Waals surface area contributed by atoms with E-state index in [1.807, 2.05) is 0 Å². The van der Waals surface area contributed by atoms with Gasteiger partial charge in [0.25, 0.3) is 0 Å². The standard InChI is InChI=1S/C15H19N3O4/c1-16-13(19)17(2)15(21,18(3)14(16)20)10-9-11-5-7-12(22-4)8-6-11/h5-10,21H,1-4H3/b10-9+. The van der Waals surface area contributed by atoms with Crippen LogP contribution >= 0.6 is 0 Å². The molecule has 118 valence electrons. The molecule has 7 heteroatoms. The predicted octanol–water partition coefficient (Wildman–Crippen LogP) is 1.40. The number of carbonyl (C=O) groups is 2. The van der Waals surface area contributed by atoms with Gasteiger partial charge in [0.15, 0.2) is 0 Å². The summed E-state index contributed by atoms with van der Waals surface area (Å²) < 4.78 is 5.07. The molecule has 7 nitrogen and oxygen atoms in total. The van der Waals surface area contributed by atoms with Crippen LogP contribution in [-0.4, -0.2) is 66.0 Å². The van der Waals surface area contributed by atoms with E-state index in [-0.39, 0.29) is 0 Å². The van der Waals surface area contributed by atoms with Gasteiger partial charge in [-0.05, 0) is 23.8 Å². The van der Waals surface area contributed by atoms with Gasteiger partial charge < -0.3 is 9.84 Å². The Kier molecular flexibility index (Phi) is 4.09. The Morgan fingerprint density at radius 1 is 1.05 bits per heavy atom. The van der Waals surface area contributed by atoms with Crippen molar-refractivity contribution < 1.29 is 19.4 Å². The van der Waals surface area contributed by atoms with E-state index in [0.717, 1.165) is 26.0 Å². The summed E-state index contributed by atoms with van der Waals surface area (Å²) in [7, 11) is 5.80. The van der Waals surface area contributed by atoms with Crippen LogP contribution in [0.5, 0.6) is 5.75 Å². The van der Waals surface area contributed by atoms with E-state index < -0.39 is 17.9 Å². The summed E-state index contributed by atoms with van der Waals surface area (Å²) in [6.07, 6.45) is 3.04. The van der Waals surface area contributed by atoms with E-state index in [9.17, 15) is 14.7 Å². The molecular formula is C15H19N3O4. The van der Waals surface area contributed by atoms with Crippen LogP contribution in [0.3, 0.4) is 0 Å². The van der Waals surface area contributed by atoms with Crippen molar-refractivity contribution >= 4 is 18.1 Å². The average Bonchev–Trinajstić information content (AvgIpc) is 2.55. The van der Waals surface area contributed by atoms with Crippen molar-refractivity contribution in [1.29, 1.82) is 0 Å². The van der Waals surface area contributed by atoms with Crippen molar-refractivity contribution in [2.24, 2.45) is 0 Å². The number of likely N-dealkylation sites (N-methyl/N-ethyl adjacent to an activating group) is 2. The first kappa shape index (κ1) is 15.8. The topological polar surface area (TPSA) is 73.3 Å². The number of nitrogens with zero attached hydrogens (tertiary/aromatic N) is 3. The fourth-order valence-electron chi connectivity index (χ4n) is 2.19. The first-order valence-corrected chi connectivity index (χ1v) is 6.66. The van der Waals surface area contributed by atoms with E-state index in [1.54, 1.807) is 37.5 Å². The number of methoxy groups -OCH3 is 1. The normalized spacial score (nSPS) is 18.3. The van der Waals surface area contributed by atoms with Crippen molar-refractivity contribution in [1.82, 2.24) is 14.7 Å². The summed E-state index contributed by atoms with van der Waals surface area (Å²) in [5.41, 5.74) is 0.801. The molecule has 1 N–H and O–H groups in total. The molecule has 1 aliphatic rings. The molecule has 1 fully saturated rings. The molecule has 2 rings (SSSR count). The molecule has 1 aromatic rings. The van der Waals surface area contributed by atoms with Crippen molar-refractivity contribution in [3.63, 3.8) is 0 Å². The van der Waals surface area contributed by atoms with Gasteiger partial charge in [0.1, 0.15) is 5.75 Å². The largest absolute Gasteiger partial charge is 0.497 e. The van der Waals surface area contributed by atoms with Crippen LogP contribution < -0.4 is 4.74 Å². The van der Waals surface area contributed by atoms with Crippen molar-refractivity contribution in [3.8, 4) is 5.75 Å². The smallest absolute Gasteiger partial charge is 0.331 e. The Morgan fingerprint density at radius 2 is 1.55 bits per heavy atom. The lowest BCUT2D eigenvalue weighted by Crippen LogP contribution is -2.70. The van der Waals surface area contributed by atoms with Gasteiger partial charge in [0.05, 0.1) is 7.11 Å². The first-order chi connectivity index (χ1) is 10.3. The van der Waals surface area contributed by atoms with Gasteiger partial charge in [0.2, 0.25) is 5.85 Å². The zero-order chi connectivity index (χ0) is 16.5. The average molecular weight is 305 g/mol. The summed E-state index contributed by atoms with van der Waals surface area (Å²) in [6.45, 7) is 0. The highest BCUT2D eigenvalue weighted by Gasteiger charge is 2.47. The first-order valence-electron chi connectivity index (χ1n) is 6.66. The number of ether oxygens (including phenoxy) is 1. The molecule has 0 atom stereocenters. The number of amides is 4. The van der Waals surface area contributed by atoms with Crippen LogP contribution in [0.4, 0.5) is 9.59 Å². The van der Waals surface area contributed by atoms with Crippen molar-refractivity contribution in [2.45, 2.75) is 5.85 Å². The summed E-state index contributed by atoms with van der Waals surface area (Å²) in [5, 5.41) is 10.7. The summed E-state index contributed by atoms with van der Waals surface area (Å²) in [4.78, 5) is 27.1. The lowest BCUT2D eigenvalue weighted by molar-refractivity contribution is -0.136. The minimum absolute atomic E-state index is 0.579. The van der Waals surface area contributed by atoms with Crippen LogP contribution in [0.25, 0.3) is 6.08 Å². The SMILES string of the molecule is COc1ccc(/C=C/C2(O)N(C)C(=O)N(C)C(=O)N2C)cc1. The minimum Gasteiger partial charge on any atom is -0.497 e. The summed E-state index contributed by atoms with van der Waals surface area (Å²) in [5.74, 6) is -1.10. The second-order valence-corrected chi connectivity index (χ2v) is 5.04. The van der Waals surface area contributed by atoms with Crippen molar-refractivity contribution in [2.75, 3.05) is 28.3 Å². The number of imide groups is 1.